The number of aliphatic hydroxyl groups excluding tert-OH is 1. The van der Waals surface area contributed by atoms with Crippen molar-refractivity contribution in [3.63, 3.8) is 0 Å². The predicted octanol–water partition coefficient (Wildman–Crippen LogP) is 1.95. The maximum Gasteiger partial charge on any atom is 0.410 e. The molecular weight excluding hydrogens is 274 g/mol. The number of hydrogen-bond acceptors (Lipinski definition) is 5. The Morgan fingerprint density at radius 1 is 1.10 bits per heavy atom. The first-order valence-corrected chi connectivity index (χ1v) is 7.21. The van der Waals surface area contributed by atoms with Gasteiger partial charge >= 0.3 is 12.1 Å². The van der Waals surface area contributed by atoms with Crippen LogP contribution in [0.1, 0.15) is 48.0 Å². The number of carbonyl (C=O) groups excluding carboxylic acids is 2. The Bertz CT molecular complexity index is 407. The minimum atomic E-state index is -1.05. The third kappa shape index (κ3) is 4.88. The van der Waals surface area contributed by atoms with Crippen LogP contribution in [0.4, 0.5) is 4.79 Å². The lowest BCUT2D eigenvalue weighted by atomic mass is 9.88. The number of nitrogens with zero attached hydrogens (tertiary/aromatic N) is 1. The third-order valence-electron chi connectivity index (χ3n) is 3.14. The van der Waals surface area contributed by atoms with E-state index in [0.717, 1.165) is 0 Å². The molecule has 21 heavy (non-hydrogen) atoms. The highest BCUT2D eigenvalue weighted by atomic mass is 16.6. The molecule has 6 nitrogen and oxygen atoms in total. The normalized spacial score (nSPS) is 23.1. The molecule has 1 N–H and O–H groups in total. The van der Waals surface area contributed by atoms with Gasteiger partial charge < -0.3 is 19.5 Å². The molecule has 1 aliphatic heterocycles. The fourth-order valence-corrected chi connectivity index (χ4v) is 2.10. The van der Waals surface area contributed by atoms with Crippen molar-refractivity contribution in [1.29, 1.82) is 0 Å². The van der Waals surface area contributed by atoms with Gasteiger partial charge in [-0.3, -0.25) is 4.79 Å². The van der Waals surface area contributed by atoms with E-state index in [1.807, 2.05) is 0 Å². The Kier molecular flexibility index (Phi) is 4.93. The number of rotatable bonds is 2. The van der Waals surface area contributed by atoms with Crippen LogP contribution in [0.5, 0.6) is 0 Å². The Hall–Kier alpha value is -1.30. The van der Waals surface area contributed by atoms with Crippen molar-refractivity contribution in [1.82, 2.24) is 4.90 Å². The van der Waals surface area contributed by atoms with Gasteiger partial charge in [-0.05, 0) is 48.0 Å². The van der Waals surface area contributed by atoms with Crippen LogP contribution in [0.25, 0.3) is 0 Å². The van der Waals surface area contributed by atoms with Gasteiger partial charge in [0.15, 0.2) is 0 Å². The molecule has 0 aromatic carbocycles. The number of ether oxygens (including phenoxy) is 2. The minimum absolute atomic E-state index is 0.118. The SMILES string of the molecule is CC(C)(C)OC(=O)N1CC[C@@](CO)(C(=O)OC(C)(C)C)C1. The molecule has 1 amide bonds. The highest BCUT2D eigenvalue weighted by Gasteiger charge is 2.48. The predicted molar refractivity (Wildman–Crippen MR) is 77.8 cm³/mol. The van der Waals surface area contributed by atoms with E-state index >= 15 is 0 Å². The van der Waals surface area contributed by atoms with E-state index < -0.39 is 28.7 Å². The average Bonchev–Trinajstić information content (AvgIpc) is 2.69. The van der Waals surface area contributed by atoms with Crippen LogP contribution in [0.15, 0.2) is 0 Å². The molecule has 1 rings (SSSR count). The molecule has 1 heterocycles. The Labute approximate surface area is 126 Å². The van der Waals surface area contributed by atoms with Crippen molar-refractivity contribution in [2.75, 3.05) is 19.7 Å². The average molecular weight is 301 g/mol. The number of hydrogen-bond donors (Lipinski definition) is 1. The largest absolute Gasteiger partial charge is 0.459 e. The van der Waals surface area contributed by atoms with Gasteiger partial charge in [0.25, 0.3) is 0 Å². The highest BCUT2D eigenvalue weighted by Crippen LogP contribution is 2.33. The summed E-state index contributed by atoms with van der Waals surface area (Å²) in [7, 11) is 0. The van der Waals surface area contributed by atoms with E-state index in [2.05, 4.69) is 0 Å². The highest BCUT2D eigenvalue weighted by molar-refractivity contribution is 5.80. The molecule has 6 heteroatoms. The molecule has 1 atom stereocenters. The standard InChI is InChI=1S/C15H27NO5/c1-13(2,3)20-11(18)15(10-17)7-8-16(9-15)12(19)21-14(4,5)6/h17H,7-10H2,1-6H3/t15-/m1/s1. The fraction of sp³-hybridized carbons (Fsp3) is 0.867. The van der Waals surface area contributed by atoms with Gasteiger partial charge in [-0.15, -0.1) is 0 Å². The van der Waals surface area contributed by atoms with Crippen LogP contribution in [0, 0.1) is 5.41 Å². The van der Waals surface area contributed by atoms with Gasteiger partial charge in [0.05, 0.1) is 6.61 Å². The van der Waals surface area contributed by atoms with E-state index in [1.165, 1.54) is 4.90 Å². The van der Waals surface area contributed by atoms with E-state index in [1.54, 1.807) is 41.5 Å². The zero-order chi connectivity index (χ0) is 16.5. The van der Waals surface area contributed by atoms with Crippen molar-refractivity contribution >= 4 is 12.1 Å². The smallest absolute Gasteiger partial charge is 0.410 e. The van der Waals surface area contributed by atoms with E-state index in [9.17, 15) is 14.7 Å². The quantitative estimate of drug-likeness (QED) is 0.789. The van der Waals surface area contributed by atoms with Crippen LogP contribution < -0.4 is 0 Å². The Balaban J connectivity index is 2.76. The van der Waals surface area contributed by atoms with E-state index in [0.29, 0.717) is 13.0 Å². The van der Waals surface area contributed by atoms with Crippen molar-refractivity contribution in [3.8, 4) is 0 Å². The van der Waals surface area contributed by atoms with Crippen molar-refractivity contribution in [2.45, 2.75) is 59.2 Å². The summed E-state index contributed by atoms with van der Waals surface area (Å²) >= 11 is 0. The second-order valence-corrected chi connectivity index (χ2v) is 7.59. The van der Waals surface area contributed by atoms with Crippen molar-refractivity contribution < 1.29 is 24.2 Å². The summed E-state index contributed by atoms with van der Waals surface area (Å²) in [4.78, 5) is 25.8. The molecule has 0 saturated carbocycles. The lowest BCUT2D eigenvalue weighted by molar-refractivity contribution is -0.169. The first kappa shape index (κ1) is 17.8. The molecule has 0 bridgehead atoms. The molecule has 0 aliphatic carbocycles. The van der Waals surface area contributed by atoms with Gasteiger partial charge in [-0.2, -0.15) is 0 Å². The Morgan fingerprint density at radius 2 is 1.62 bits per heavy atom. The molecule has 1 saturated heterocycles. The van der Waals surface area contributed by atoms with Gasteiger partial charge in [0.2, 0.25) is 0 Å². The van der Waals surface area contributed by atoms with Crippen LogP contribution >= 0.6 is 0 Å². The van der Waals surface area contributed by atoms with Gasteiger partial charge in [0.1, 0.15) is 16.6 Å². The summed E-state index contributed by atoms with van der Waals surface area (Å²) in [5, 5.41) is 9.64. The monoisotopic (exact) mass is 301 g/mol. The molecule has 122 valence electrons. The number of carbonyl (C=O) groups is 2. The minimum Gasteiger partial charge on any atom is -0.459 e. The summed E-state index contributed by atoms with van der Waals surface area (Å²) in [6.07, 6.45) is -0.0983. The summed E-state index contributed by atoms with van der Waals surface area (Å²) in [5.41, 5.74) is -2.27. The summed E-state index contributed by atoms with van der Waals surface area (Å²) < 4.78 is 10.7. The molecule has 1 fully saturated rings. The maximum absolute atomic E-state index is 12.3. The topological polar surface area (TPSA) is 76.1 Å². The lowest BCUT2D eigenvalue weighted by Gasteiger charge is -2.30. The second-order valence-electron chi connectivity index (χ2n) is 7.59. The van der Waals surface area contributed by atoms with Crippen LogP contribution in [-0.2, 0) is 14.3 Å². The number of aliphatic hydroxyl groups is 1. The maximum atomic E-state index is 12.3. The fourth-order valence-electron chi connectivity index (χ4n) is 2.10. The van der Waals surface area contributed by atoms with E-state index in [4.69, 9.17) is 9.47 Å². The van der Waals surface area contributed by atoms with Gasteiger partial charge in [-0.1, -0.05) is 0 Å². The zero-order valence-corrected chi connectivity index (χ0v) is 13.9. The van der Waals surface area contributed by atoms with Gasteiger partial charge in [0, 0.05) is 13.1 Å². The molecule has 0 radical (unpaired) electrons. The molecule has 0 spiro atoms. The number of amides is 1. The Morgan fingerprint density at radius 3 is 2.05 bits per heavy atom. The zero-order valence-electron chi connectivity index (χ0n) is 13.9. The first-order chi connectivity index (χ1) is 9.38. The number of esters is 1. The molecular formula is C15H27NO5. The lowest BCUT2D eigenvalue weighted by Crippen LogP contribution is -2.44. The van der Waals surface area contributed by atoms with Gasteiger partial charge in [-0.25, -0.2) is 4.79 Å². The second kappa shape index (κ2) is 5.83. The van der Waals surface area contributed by atoms with Crippen molar-refractivity contribution in [2.24, 2.45) is 5.41 Å². The molecule has 0 aromatic rings. The summed E-state index contributed by atoms with van der Waals surface area (Å²) in [6.45, 7) is 10.8. The first-order valence-electron chi connectivity index (χ1n) is 7.21. The third-order valence-corrected chi connectivity index (χ3v) is 3.14. The molecule has 0 unspecified atom stereocenters. The van der Waals surface area contributed by atoms with E-state index in [-0.39, 0.29) is 13.2 Å². The number of likely N-dealkylation sites (tertiary alicyclic amines) is 1. The van der Waals surface area contributed by atoms with Crippen LogP contribution in [-0.4, -0.2) is 53.0 Å². The summed E-state index contributed by atoms with van der Waals surface area (Å²) in [5.74, 6) is -0.469. The van der Waals surface area contributed by atoms with Crippen LogP contribution in [0.2, 0.25) is 0 Å². The van der Waals surface area contributed by atoms with Crippen molar-refractivity contribution in [3.05, 3.63) is 0 Å². The molecule has 1 aliphatic rings. The van der Waals surface area contributed by atoms with Crippen LogP contribution in [0.3, 0.4) is 0 Å². The molecule has 0 aromatic heterocycles. The summed E-state index contributed by atoms with van der Waals surface area (Å²) in [6, 6.07) is 0.